The number of hydrogen-bond acceptors (Lipinski definition) is 6. The van der Waals surface area contributed by atoms with Gasteiger partial charge in [0, 0.05) is 29.6 Å². The zero-order valence-electron chi connectivity index (χ0n) is 9.15. The van der Waals surface area contributed by atoms with Gasteiger partial charge in [-0.2, -0.15) is 18.2 Å². The van der Waals surface area contributed by atoms with Crippen LogP contribution in [-0.4, -0.2) is 54.7 Å². The molecule has 0 aliphatic rings. The van der Waals surface area contributed by atoms with Crippen LogP contribution in [-0.2, 0) is 6.18 Å². The van der Waals surface area contributed by atoms with E-state index in [-0.39, 0.29) is 47.0 Å². The van der Waals surface area contributed by atoms with Gasteiger partial charge in [-0.3, -0.25) is 5.10 Å². The Hall–Kier alpha value is -1.39. The van der Waals surface area contributed by atoms with Gasteiger partial charge in [-0.15, -0.1) is 5.10 Å². The topological polar surface area (TPSA) is 119 Å². The molecule has 2 aromatic heterocycles. The number of nitrogens with zero attached hydrogens (tertiary/aromatic N) is 4. The van der Waals surface area contributed by atoms with E-state index in [0.717, 1.165) is 0 Å². The zero-order valence-corrected chi connectivity index (χ0v) is 11.2. The number of anilines is 2. The van der Waals surface area contributed by atoms with Crippen LogP contribution in [0.3, 0.4) is 0 Å². The fourth-order valence-electron chi connectivity index (χ4n) is 1.10. The Balaban J connectivity index is 0.00000162. The molecule has 0 amide bonds. The molecule has 0 spiro atoms. The van der Waals surface area contributed by atoms with Crippen molar-refractivity contribution in [3.63, 3.8) is 0 Å². The van der Waals surface area contributed by atoms with Crippen molar-refractivity contribution < 1.29 is 13.2 Å². The summed E-state index contributed by atoms with van der Waals surface area (Å²) in [6.07, 6.45) is -4.04. The van der Waals surface area contributed by atoms with Gasteiger partial charge in [0.2, 0.25) is 5.95 Å². The third-order valence-corrected chi connectivity index (χ3v) is 1.82. The summed E-state index contributed by atoms with van der Waals surface area (Å²) in [4.78, 5) is 10.4. The molecule has 0 bridgehead atoms. The number of aromatic nitrogens is 5. The van der Waals surface area contributed by atoms with E-state index in [0.29, 0.717) is 6.20 Å². The van der Waals surface area contributed by atoms with Crippen molar-refractivity contribution in [1.82, 2.24) is 25.1 Å². The molecule has 11 heteroatoms. The van der Waals surface area contributed by atoms with E-state index < -0.39 is 17.7 Å². The summed E-state index contributed by atoms with van der Waals surface area (Å²) in [6.45, 7) is 0. The van der Waals surface area contributed by atoms with Crippen molar-refractivity contribution in [2.45, 2.75) is 6.18 Å². The molecule has 2 heterocycles. The van der Waals surface area contributed by atoms with Gasteiger partial charge in [0.1, 0.15) is 5.69 Å². The van der Waals surface area contributed by atoms with Crippen LogP contribution in [0.25, 0.3) is 11.5 Å². The average molecular weight is 268 g/mol. The van der Waals surface area contributed by atoms with E-state index in [4.69, 9.17) is 11.5 Å². The van der Waals surface area contributed by atoms with E-state index in [2.05, 4.69) is 25.1 Å². The standard InChI is InChI=1S/C7H6F3N7.Na/c8-7(9,10)2-1-13-3(4(11)14-2)5-15-6(12)17-16-5;/h1H,(H2,11,14)(H3,12,15,16,17);. The maximum absolute atomic E-state index is 12.3. The summed E-state index contributed by atoms with van der Waals surface area (Å²) in [5.74, 6) is -0.418. The summed E-state index contributed by atoms with van der Waals surface area (Å²) in [6, 6.07) is 0. The summed E-state index contributed by atoms with van der Waals surface area (Å²) in [5.41, 5.74) is 9.39. The first-order valence-electron chi connectivity index (χ1n) is 4.26. The fourth-order valence-corrected chi connectivity index (χ4v) is 1.10. The maximum atomic E-state index is 12.3. The average Bonchev–Trinajstić information content (AvgIpc) is 2.63. The minimum Gasteiger partial charge on any atom is -0.382 e. The number of aromatic amines is 1. The molecule has 2 rings (SSSR count). The minimum absolute atomic E-state index is 0. The molecule has 0 atom stereocenters. The van der Waals surface area contributed by atoms with Crippen molar-refractivity contribution in [3.8, 4) is 11.5 Å². The quantitative estimate of drug-likeness (QED) is 0.629. The molecule has 1 radical (unpaired) electrons. The van der Waals surface area contributed by atoms with Crippen LogP contribution in [0.15, 0.2) is 6.20 Å². The van der Waals surface area contributed by atoms with Gasteiger partial charge in [-0.25, -0.2) is 9.97 Å². The summed E-state index contributed by atoms with van der Waals surface area (Å²) >= 11 is 0. The molecular formula is C7H6F3N7Na. The van der Waals surface area contributed by atoms with Crippen molar-refractivity contribution >= 4 is 41.3 Å². The number of halogens is 3. The van der Waals surface area contributed by atoms with Crippen LogP contribution < -0.4 is 11.5 Å². The van der Waals surface area contributed by atoms with E-state index >= 15 is 0 Å². The van der Waals surface area contributed by atoms with Gasteiger partial charge in [0.25, 0.3) is 0 Å². The van der Waals surface area contributed by atoms with Crippen LogP contribution in [0, 0.1) is 0 Å². The number of rotatable bonds is 1. The number of alkyl halides is 3. The zero-order chi connectivity index (χ0) is 12.6. The second-order valence-corrected chi connectivity index (χ2v) is 3.03. The van der Waals surface area contributed by atoms with Crippen LogP contribution in [0.1, 0.15) is 5.69 Å². The first kappa shape index (κ1) is 14.7. The number of nitrogens with one attached hydrogen (secondary N) is 1. The first-order chi connectivity index (χ1) is 7.88. The maximum Gasteiger partial charge on any atom is 0.434 e. The fraction of sp³-hybridized carbons (Fsp3) is 0.143. The van der Waals surface area contributed by atoms with Gasteiger partial charge in [0.15, 0.2) is 17.3 Å². The molecule has 0 aromatic carbocycles. The number of nitrogen functional groups attached to an aromatic ring is 2. The Morgan fingerprint density at radius 1 is 1.17 bits per heavy atom. The van der Waals surface area contributed by atoms with Crippen molar-refractivity contribution in [2.75, 3.05) is 11.5 Å². The Labute approximate surface area is 120 Å². The third-order valence-electron chi connectivity index (χ3n) is 1.82. The summed E-state index contributed by atoms with van der Waals surface area (Å²) < 4.78 is 36.9. The predicted molar refractivity (Wildman–Crippen MR) is 57.0 cm³/mol. The molecule has 18 heavy (non-hydrogen) atoms. The third kappa shape index (κ3) is 2.89. The van der Waals surface area contributed by atoms with Crippen molar-refractivity contribution in [2.24, 2.45) is 0 Å². The smallest absolute Gasteiger partial charge is 0.382 e. The number of H-pyrrole nitrogens is 1. The Kier molecular flexibility index (Phi) is 4.14. The van der Waals surface area contributed by atoms with E-state index in [9.17, 15) is 13.2 Å². The van der Waals surface area contributed by atoms with Crippen LogP contribution in [0.2, 0.25) is 0 Å². The number of hydrogen-bond donors (Lipinski definition) is 3. The molecule has 91 valence electrons. The normalized spacial score (nSPS) is 11.1. The van der Waals surface area contributed by atoms with Gasteiger partial charge in [-0.1, -0.05) is 0 Å². The largest absolute Gasteiger partial charge is 0.434 e. The van der Waals surface area contributed by atoms with Gasteiger partial charge in [-0.05, 0) is 0 Å². The Morgan fingerprint density at radius 3 is 2.28 bits per heavy atom. The Bertz CT molecular complexity index is 552. The Morgan fingerprint density at radius 2 is 1.83 bits per heavy atom. The van der Waals surface area contributed by atoms with E-state index in [1.807, 2.05) is 0 Å². The molecule has 5 N–H and O–H groups in total. The molecule has 0 aliphatic carbocycles. The molecule has 0 saturated carbocycles. The minimum atomic E-state index is -4.60. The molecule has 0 aliphatic heterocycles. The SMILES string of the molecule is Nc1n[nH]c(-c2ncc(C(F)(F)F)nc2N)n1.[Na]. The van der Waals surface area contributed by atoms with Crippen LogP contribution in [0.5, 0.6) is 0 Å². The van der Waals surface area contributed by atoms with Crippen molar-refractivity contribution in [1.29, 1.82) is 0 Å². The predicted octanol–water partition coefficient (Wildman–Crippen LogP) is 0.0641. The molecular weight excluding hydrogens is 262 g/mol. The molecule has 0 saturated heterocycles. The first-order valence-corrected chi connectivity index (χ1v) is 4.26. The van der Waals surface area contributed by atoms with Gasteiger partial charge in [0.05, 0.1) is 6.20 Å². The molecule has 7 nitrogen and oxygen atoms in total. The molecule has 0 unspecified atom stereocenters. The monoisotopic (exact) mass is 268 g/mol. The van der Waals surface area contributed by atoms with E-state index in [1.165, 1.54) is 0 Å². The van der Waals surface area contributed by atoms with Crippen molar-refractivity contribution in [3.05, 3.63) is 11.9 Å². The second-order valence-electron chi connectivity index (χ2n) is 3.03. The van der Waals surface area contributed by atoms with Crippen LogP contribution >= 0.6 is 0 Å². The van der Waals surface area contributed by atoms with Crippen LogP contribution in [0.4, 0.5) is 24.9 Å². The number of nitrogens with two attached hydrogens (primary N) is 2. The van der Waals surface area contributed by atoms with Gasteiger partial charge < -0.3 is 11.5 Å². The summed E-state index contributed by atoms with van der Waals surface area (Å²) in [5, 5.41) is 5.87. The van der Waals surface area contributed by atoms with E-state index in [1.54, 1.807) is 0 Å². The molecule has 0 fully saturated rings. The molecule has 2 aromatic rings. The summed E-state index contributed by atoms with van der Waals surface area (Å²) in [7, 11) is 0. The second kappa shape index (κ2) is 5.08. The van der Waals surface area contributed by atoms with Gasteiger partial charge >= 0.3 is 6.18 Å².